The summed E-state index contributed by atoms with van der Waals surface area (Å²) in [7, 11) is 0. The first-order valence-corrected chi connectivity index (χ1v) is 16.3. The number of morpholine rings is 1. The van der Waals surface area contributed by atoms with Crippen molar-refractivity contribution in [3.63, 3.8) is 0 Å². The fraction of sp³-hybridized carbons (Fsp3) is 0.700. The number of nitrogens with one attached hydrogen (secondary N) is 1. The molecule has 4 heterocycles. The number of piperazine rings is 1. The topological polar surface area (TPSA) is 214 Å². The second-order valence-electron chi connectivity index (χ2n) is 11.7. The maximum Gasteiger partial charge on any atom is 0.248 e. The van der Waals surface area contributed by atoms with Crippen LogP contribution in [0, 0.1) is 18.3 Å². The van der Waals surface area contributed by atoms with Crippen molar-refractivity contribution in [3.05, 3.63) is 11.9 Å². The molecule has 2 amide bonds. The predicted molar refractivity (Wildman–Crippen MR) is 176 cm³/mol. The molecule has 264 valence electrons. The molecular weight excluding hydrogens is 624 g/mol. The minimum absolute atomic E-state index is 0.123. The number of primary amides is 1. The molecule has 2 aliphatic rings. The summed E-state index contributed by atoms with van der Waals surface area (Å²) >= 11 is 0. The Hall–Kier alpha value is -4.15. The summed E-state index contributed by atoms with van der Waals surface area (Å²) in [5.41, 5.74) is 12.3. The van der Waals surface area contributed by atoms with E-state index in [1.54, 1.807) is 11.1 Å². The van der Waals surface area contributed by atoms with Gasteiger partial charge < -0.3 is 50.4 Å². The molecule has 18 nitrogen and oxygen atoms in total. The highest BCUT2D eigenvalue weighted by atomic mass is 16.5. The predicted octanol–water partition coefficient (Wildman–Crippen LogP) is -1.18. The van der Waals surface area contributed by atoms with Crippen LogP contribution in [0.15, 0.2) is 6.20 Å². The van der Waals surface area contributed by atoms with Gasteiger partial charge in [0, 0.05) is 45.8 Å². The Balaban J connectivity index is 1.34. The number of aromatic nitrogens is 6. The lowest BCUT2D eigenvalue weighted by Gasteiger charge is -2.36. The fourth-order valence-corrected chi connectivity index (χ4v) is 5.04. The van der Waals surface area contributed by atoms with Gasteiger partial charge in [-0.05, 0) is 5.92 Å². The zero-order valence-corrected chi connectivity index (χ0v) is 27.8. The number of rotatable bonds is 19. The number of nitrogens with zero attached hydrogens (tertiary/aromatic N) is 9. The van der Waals surface area contributed by atoms with E-state index in [0.29, 0.717) is 116 Å². The number of anilines is 3. The van der Waals surface area contributed by atoms with E-state index in [1.165, 1.54) is 4.68 Å². The van der Waals surface area contributed by atoms with Crippen molar-refractivity contribution in [1.29, 1.82) is 0 Å². The number of carbonyl (C=O) groups is 2. The number of hydrogen-bond donors (Lipinski definition) is 3. The minimum Gasteiger partial charge on any atom is -0.378 e. The molecule has 2 aliphatic heterocycles. The van der Waals surface area contributed by atoms with Crippen molar-refractivity contribution in [3.8, 4) is 12.3 Å². The van der Waals surface area contributed by atoms with Gasteiger partial charge in [0.15, 0.2) is 0 Å². The Morgan fingerprint density at radius 1 is 0.958 bits per heavy atom. The molecule has 4 rings (SSSR count). The number of hydrogen-bond acceptors (Lipinski definition) is 15. The summed E-state index contributed by atoms with van der Waals surface area (Å²) in [4.78, 5) is 45.5. The molecule has 2 aromatic heterocycles. The second-order valence-corrected chi connectivity index (χ2v) is 11.7. The van der Waals surface area contributed by atoms with Crippen LogP contribution in [0.2, 0.25) is 0 Å². The van der Waals surface area contributed by atoms with E-state index >= 15 is 0 Å². The SMILES string of the molecule is C#CCOCCOCCOCCNc1nc(N2CCOCC2)nc(N2CCN(C(=O)[C@H](CC(N)=O)n3cc([C@@H](N)C(C)C)nn3)CC2)n1. The van der Waals surface area contributed by atoms with Gasteiger partial charge in [-0.2, -0.15) is 15.0 Å². The number of carbonyl (C=O) groups excluding carboxylic acids is 2. The van der Waals surface area contributed by atoms with Crippen molar-refractivity contribution in [2.75, 3.05) is 114 Å². The van der Waals surface area contributed by atoms with E-state index in [9.17, 15) is 9.59 Å². The average Bonchev–Trinajstić information content (AvgIpc) is 3.59. The molecule has 2 atom stereocenters. The molecular formula is C30H48N12O6. The van der Waals surface area contributed by atoms with Crippen molar-refractivity contribution < 1.29 is 28.5 Å². The van der Waals surface area contributed by atoms with E-state index in [0.717, 1.165) is 0 Å². The zero-order valence-electron chi connectivity index (χ0n) is 27.8. The minimum atomic E-state index is -0.919. The molecule has 0 spiro atoms. The third-order valence-corrected chi connectivity index (χ3v) is 7.83. The highest BCUT2D eigenvalue weighted by Gasteiger charge is 2.32. The van der Waals surface area contributed by atoms with Crippen LogP contribution in [0.25, 0.3) is 0 Å². The molecule has 2 fully saturated rings. The third-order valence-electron chi connectivity index (χ3n) is 7.83. The summed E-state index contributed by atoms with van der Waals surface area (Å²) in [5.74, 6) is 3.13. The summed E-state index contributed by atoms with van der Waals surface area (Å²) in [6.45, 7) is 11.1. The molecule has 0 saturated carbocycles. The number of nitrogens with two attached hydrogens (primary N) is 2. The standard InChI is InChI=1S/C30H48N12O6/c1-4-12-45-16-18-48-19-17-46-13-5-33-28-34-29(36-30(35-28)41-10-14-47-15-11-41)40-8-6-39(7-9-40)27(44)24(20-25(31)43)42-21-23(37-38-42)26(32)22(2)3/h1,21-22,24,26H,5-20,32H2,2-3H3,(H2,31,43)(H,33,34,35,36)/t24-,26-/m0/s1. The molecule has 0 aliphatic carbocycles. The number of terminal acetylenes is 1. The maximum absolute atomic E-state index is 13.7. The highest BCUT2D eigenvalue weighted by Crippen LogP contribution is 2.23. The number of amides is 2. The smallest absolute Gasteiger partial charge is 0.248 e. The van der Waals surface area contributed by atoms with Gasteiger partial charge in [0.25, 0.3) is 0 Å². The van der Waals surface area contributed by atoms with Gasteiger partial charge in [0.05, 0.1) is 70.6 Å². The largest absolute Gasteiger partial charge is 0.378 e. The van der Waals surface area contributed by atoms with Crippen LogP contribution in [-0.2, 0) is 28.5 Å². The zero-order chi connectivity index (χ0) is 34.3. The van der Waals surface area contributed by atoms with Gasteiger partial charge in [-0.3, -0.25) is 9.59 Å². The molecule has 48 heavy (non-hydrogen) atoms. The lowest BCUT2D eigenvalue weighted by Crippen LogP contribution is -2.51. The molecule has 0 unspecified atom stereocenters. The van der Waals surface area contributed by atoms with Crippen LogP contribution in [-0.4, -0.2) is 145 Å². The quantitative estimate of drug-likeness (QED) is 0.118. The second kappa shape index (κ2) is 19.0. The van der Waals surface area contributed by atoms with Gasteiger partial charge in [0.2, 0.25) is 29.7 Å². The fourth-order valence-electron chi connectivity index (χ4n) is 5.04. The lowest BCUT2D eigenvalue weighted by molar-refractivity contribution is -0.137. The van der Waals surface area contributed by atoms with Crippen LogP contribution in [0.1, 0.15) is 38.0 Å². The summed E-state index contributed by atoms with van der Waals surface area (Å²) in [5, 5.41) is 11.5. The molecule has 0 radical (unpaired) electrons. The van der Waals surface area contributed by atoms with Crippen molar-refractivity contribution in [2.24, 2.45) is 17.4 Å². The Bertz CT molecular complexity index is 1340. The van der Waals surface area contributed by atoms with Crippen molar-refractivity contribution in [1.82, 2.24) is 34.8 Å². The average molecular weight is 673 g/mol. The third kappa shape index (κ3) is 11.0. The first kappa shape index (κ1) is 36.7. The van der Waals surface area contributed by atoms with Crippen LogP contribution in [0.4, 0.5) is 17.8 Å². The molecule has 2 saturated heterocycles. The van der Waals surface area contributed by atoms with Gasteiger partial charge in [0.1, 0.15) is 12.6 Å². The van der Waals surface area contributed by atoms with Gasteiger partial charge >= 0.3 is 0 Å². The van der Waals surface area contributed by atoms with Crippen molar-refractivity contribution in [2.45, 2.75) is 32.4 Å². The molecule has 0 aromatic carbocycles. The Morgan fingerprint density at radius 3 is 2.21 bits per heavy atom. The van der Waals surface area contributed by atoms with Crippen LogP contribution >= 0.6 is 0 Å². The van der Waals surface area contributed by atoms with E-state index in [1.807, 2.05) is 18.7 Å². The van der Waals surface area contributed by atoms with Gasteiger partial charge in [-0.1, -0.05) is 25.0 Å². The molecule has 0 bridgehead atoms. The van der Waals surface area contributed by atoms with E-state index < -0.39 is 11.9 Å². The summed E-state index contributed by atoms with van der Waals surface area (Å²) < 4.78 is 23.2. The van der Waals surface area contributed by atoms with Crippen LogP contribution in [0.5, 0.6) is 0 Å². The van der Waals surface area contributed by atoms with E-state index in [4.69, 9.17) is 41.8 Å². The Kier molecular flexibility index (Phi) is 14.5. The van der Waals surface area contributed by atoms with E-state index in [-0.39, 0.29) is 30.9 Å². The van der Waals surface area contributed by atoms with E-state index in [2.05, 4.69) is 36.4 Å². The molecule has 5 N–H and O–H groups in total. The van der Waals surface area contributed by atoms with Crippen LogP contribution < -0.4 is 26.6 Å². The Morgan fingerprint density at radius 2 is 1.58 bits per heavy atom. The molecule has 18 heteroatoms. The Labute approximate surface area is 280 Å². The highest BCUT2D eigenvalue weighted by molar-refractivity contribution is 5.86. The van der Waals surface area contributed by atoms with Gasteiger partial charge in [-0.15, -0.1) is 11.5 Å². The number of ether oxygens (including phenoxy) is 4. The summed E-state index contributed by atoms with van der Waals surface area (Å²) in [6.07, 6.45) is 6.56. The van der Waals surface area contributed by atoms with Crippen molar-refractivity contribution >= 4 is 29.7 Å². The molecule has 2 aromatic rings. The maximum atomic E-state index is 13.7. The first-order chi connectivity index (χ1) is 23.3. The van der Waals surface area contributed by atoms with Crippen LogP contribution in [0.3, 0.4) is 0 Å². The monoisotopic (exact) mass is 672 g/mol. The van der Waals surface area contributed by atoms with Gasteiger partial charge in [-0.25, -0.2) is 4.68 Å². The lowest BCUT2D eigenvalue weighted by atomic mass is 10.0. The normalized spacial score (nSPS) is 16.5. The summed E-state index contributed by atoms with van der Waals surface area (Å²) in [6, 6.07) is -1.27. The first-order valence-electron chi connectivity index (χ1n) is 16.3.